The van der Waals surface area contributed by atoms with Crippen molar-refractivity contribution < 1.29 is 19.4 Å². The molecule has 0 aliphatic carbocycles. The minimum atomic E-state index is -0.988. The van der Waals surface area contributed by atoms with Gasteiger partial charge in [0.25, 0.3) is 0 Å². The number of rotatable bonds is 5. The summed E-state index contributed by atoms with van der Waals surface area (Å²) >= 11 is 0. The first-order valence-electron chi connectivity index (χ1n) is 5.84. The summed E-state index contributed by atoms with van der Waals surface area (Å²) in [5, 5.41) is 11.4. The summed E-state index contributed by atoms with van der Waals surface area (Å²) < 4.78 is 4.96. The van der Waals surface area contributed by atoms with Gasteiger partial charge in [0, 0.05) is 14.1 Å². The molecule has 6 heteroatoms. The van der Waals surface area contributed by atoms with Crippen molar-refractivity contribution in [2.75, 3.05) is 20.7 Å². The largest absolute Gasteiger partial charge is 0.445 e. The van der Waals surface area contributed by atoms with E-state index in [1.807, 2.05) is 30.3 Å². The average molecular weight is 266 g/mol. The van der Waals surface area contributed by atoms with E-state index >= 15 is 0 Å². The van der Waals surface area contributed by atoms with Crippen molar-refractivity contribution in [3.63, 3.8) is 0 Å². The highest BCUT2D eigenvalue weighted by Crippen LogP contribution is 2.01. The molecule has 2 N–H and O–H groups in total. The number of nitrogens with one attached hydrogen (secondary N) is 1. The highest BCUT2D eigenvalue weighted by molar-refractivity contribution is 5.85. The Morgan fingerprint density at radius 3 is 2.47 bits per heavy atom. The third-order valence-electron chi connectivity index (χ3n) is 2.43. The first-order chi connectivity index (χ1) is 9.04. The topological polar surface area (TPSA) is 78.9 Å². The Hall–Kier alpha value is -2.08. The zero-order chi connectivity index (χ0) is 14.3. The van der Waals surface area contributed by atoms with E-state index in [-0.39, 0.29) is 12.5 Å². The molecule has 0 fully saturated rings. The summed E-state index contributed by atoms with van der Waals surface area (Å²) in [5.74, 6) is -0.390. The molecule has 104 valence electrons. The fourth-order valence-electron chi connectivity index (χ4n) is 1.40. The van der Waals surface area contributed by atoms with Crippen molar-refractivity contribution in [2.24, 2.45) is 0 Å². The molecule has 0 radical (unpaired) electrons. The number of amides is 2. The van der Waals surface area contributed by atoms with E-state index in [9.17, 15) is 9.59 Å². The van der Waals surface area contributed by atoms with E-state index in [1.54, 1.807) is 14.1 Å². The van der Waals surface area contributed by atoms with Crippen LogP contribution in [0.15, 0.2) is 30.3 Å². The van der Waals surface area contributed by atoms with Crippen LogP contribution in [0.4, 0.5) is 4.79 Å². The molecular formula is C13H18N2O4. The molecule has 0 bridgehead atoms. The van der Waals surface area contributed by atoms with Crippen molar-refractivity contribution in [2.45, 2.75) is 12.6 Å². The second-order valence-electron chi connectivity index (χ2n) is 4.17. The fourth-order valence-corrected chi connectivity index (χ4v) is 1.40. The van der Waals surface area contributed by atoms with Crippen molar-refractivity contribution in [1.29, 1.82) is 0 Å². The second kappa shape index (κ2) is 7.38. The molecule has 0 saturated heterocycles. The van der Waals surface area contributed by atoms with Gasteiger partial charge in [-0.2, -0.15) is 0 Å². The van der Waals surface area contributed by atoms with E-state index in [1.165, 1.54) is 4.90 Å². The maximum Gasteiger partial charge on any atom is 0.408 e. The molecule has 0 unspecified atom stereocenters. The monoisotopic (exact) mass is 266 g/mol. The molecule has 0 saturated carbocycles. The Morgan fingerprint density at radius 1 is 1.32 bits per heavy atom. The third-order valence-corrected chi connectivity index (χ3v) is 2.43. The number of hydrogen-bond acceptors (Lipinski definition) is 4. The second-order valence-corrected chi connectivity index (χ2v) is 4.17. The fraction of sp³-hybridized carbons (Fsp3) is 0.385. The van der Waals surface area contributed by atoms with E-state index in [4.69, 9.17) is 9.84 Å². The lowest BCUT2D eigenvalue weighted by Gasteiger charge is -2.19. The van der Waals surface area contributed by atoms with Crippen LogP contribution in [-0.2, 0) is 16.1 Å². The number of hydrogen-bond donors (Lipinski definition) is 2. The molecule has 1 rings (SSSR count). The Balaban J connectivity index is 2.44. The Labute approximate surface area is 112 Å². The molecule has 0 aliphatic heterocycles. The van der Waals surface area contributed by atoms with Crippen LogP contribution < -0.4 is 5.32 Å². The van der Waals surface area contributed by atoms with Gasteiger partial charge in [0.05, 0.1) is 6.61 Å². The predicted molar refractivity (Wildman–Crippen MR) is 69.3 cm³/mol. The van der Waals surface area contributed by atoms with Crippen molar-refractivity contribution >= 4 is 12.0 Å². The SMILES string of the molecule is CN(C)C(=O)[C@@H](CO)NC(=O)OCc1ccccc1. The standard InChI is InChI=1S/C13H18N2O4/c1-15(2)12(17)11(8-16)14-13(18)19-9-10-6-4-3-5-7-10/h3-7,11,16H,8-9H2,1-2H3,(H,14,18)/t11-/m1/s1. The molecule has 0 heterocycles. The van der Waals surface area contributed by atoms with Crippen LogP contribution in [-0.4, -0.2) is 48.8 Å². The van der Waals surface area contributed by atoms with Gasteiger partial charge in [0.1, 0.15) is 12.6 Å². The van der Waals surface area contributed by atoms with Crippen molar-refractivity contribution in [1.82, 2.24) is 10.2 Å². The van der Waals surface area contributed by atoms with Crippen LogP contribution in [0.25, 0.3) is 0 Å². The van der Waals surface area contributed by atoms with Gasteiger partial charge < -0.3 is 20.1 Å². The van der Waals surface area contributed by atoms with Crippen LogP contribution in [0.1, 0.15) is 5.56 Å². The third kappa shape index (κ3) is 4.97. The van der Waals surface area contributed by atoms with Crippen molar-refractivity contribution in [3.05, 3.63) is 35.9 Å². The highest BCUT2D eigenvalue weighted by atomic mass is 16.5. The summed E-state index contributed by atoms with van der Waals surface area (Å²) in [6.07, 6.45) is -0.738. The zero-order valence-corrected chi connectivity index (χ0v) is 11.0. The average Bonchev–Trinajstić information content (AvgIpc) is 2.42. The summed E-state index contributed by atoms with van der Waals surface area (Å²) in [6, 6.07) is 8.19. The molecule has 1 aromatic carbocycles. The summed E-state index contributed by atoms with van der Waals surface area (Å²) in [7, 11) is 3.09. The van der Waals surface area contributed by atoms with Gasteiger partial charge in [-0.3, -0.25) is 4.79 Å². The first kappa shape index (κ1) is 15.0. The van der Waals surface area contributed by atoms with Crippen LogP contribution in [0, 0.1) is 0 Å². The molecule has 0 spiro atoms. The summed E-state index contributed by atoms with van der Waals surface area (Å²) in [5.41, 5.74) is 0.845. The number of carbonyl (C=O) groups excluding carboxylic acids is 2. The Kier molecular flexibility index (Phi) is 5.81. The number of carbonyl (C=O) groups is 2. The number of nitrogens with zero attached hydrogens (tertiary/aromatic N) is 1. The van der Waals surface area contributed by atoms with Gasteiger partial charge in [-0.25, -0.2) is 4.79 Å². The maximum atomic E-state index is 11.6. The van der Waals surface area contributed by atoms with Gasteiger partial charge in [0.2, 0.25) is 5.91 Å². The van der Waals surface area contributed by atoms with Gasteiger partial charge in [-0.15, -0.1) is 0 Å². The predicted octanol–water partition coefficient (Wildman–Crippen LogP) is 0.362. The minimum absolute atomic E-state index is 0.112. The lowest BCUT2D eigenvalue weighted by Crippen LogP contribution is -2.48. The quantitative estimate of drug-likeness (QED) is 0.806. The lowest BCUT2D eigenvalue weighted by atomic mass is 10.2. The van der Waals surface area contributed by atoms with E-state index in [0.29, 0.717) is 0 Å². The molecule has 1 atom stereocenters. The lowest BCUT2D eigenvalue weighted by molar-refractivity contribution is -0.131. The normalized spacial score (nSPS) is 11.5. The van der Waals surface area contributed by atoms with Gasteiger partial charge in [0.15, 0.2) is 0 Å². The van der Waals surface area contributed by atoms with Crippen LogP contribution in [0.2, 0.25) is 0 Å². The van der Waals surface area contributed by atoms with Crippen LogP contribution >= 0.6 is 0 Å². The smallest absolute Gasteiger partial charge is 0.408 e. The molecule has 19 heavy (non-hydrogen) atoms. The van der Waals surface area contributed by atoms with Crippen molar-refractivity contribution in [3.8, 4) is 0 Å². The Morgan fingerprint density at radius 2 is 1.95 bits per heavy atom. The van der Waals surface area contributed by atoms with Gasteiger partial charge in [-0.05, 0) is 5.56 Å². The Bertz CT molecular complexity index is 420. The zero-order valence-electron chi connectivity index (χ0n) is 11.0. The highest BCUT2D eigenvalue weighted by Gasteiger charge is 2.21. The summed E-state index contributed by atoms with van der Waals surface area (Å²) in [4.78, 5) is 24.4. The van der Waals surface area contributed by atoms with Gasteiger partial charge >= 0.3 is 6.09 Å². The van der Waals surface area contributed by atoms with E-state index < -0.39 is 18.7 Å². The molecule has 0 aromatic heterocycles. The van der Waals surface area contributed by atoms with E-state index in [0.717, 1.165) is 5.56 Å². The molecular weight excluding hydrogens is 248 g/mol. The molecule has 2 amide bonds. The number of aliphatic hydroxyl groups excluding tert-OH is 1. The summed E-state index contributed by atoms with van der Waals surface area (Å²) in [6.45, 7) is -0.363. The number of aliphatic hydroxyl groups is 1. The molecule has 1 aromatic rings. The number of alkyl carbamates (subject to hydrolysis) is 1. The van der Waals surface area contributed by atoms with E-state index in [2.05, 4.69) is 5.32 Å². The van der Waals surface area contributed by atoms with Crippen LogP contribution in [0.3, 0.4) is 0 Å². The van der Waals surface area contributed by atoms with Crippen LogP contribution in [0.5, 0.6) is 0 Å². The molecule has 6 nitrogen and oxygen atoms in total. The van der Waals surface area contributed by atoms with Gasteiger partial charge in [-0.1, -0.05) is 30.3 Å². The maximum absolute atomic E-state index is 11.6. The first-order valence-corrected chi connectivity index (χ1v) is 5.84. The minimum Gasteiger partial charge on any atom is -0.445 e. The number of benzene rings is 1. The molecule has 0 aliphatic rings. The number of likely N-dealkylation sites (N-methyl/N-ethyl adjacent to an activating group) is 1. The number of ether oxygens (including phenoxy) is 1.